The molecule has 2 rings (SSSR count). The first-order valence-electron chi connectivity index (χ1n) is 7.30. The number of carbonyl (C=O) groups is 1. The van der Waals surface area contributed by atoms with E-state index >= 15 is 0 Å². The van der Waals surface area contributed by atoms with E-state index in [2.05, 4.69) is 22.0 Å². The van der Waals surface area contributed by atoms with Gasteiger partial charge in [-0.3, -0.25) is 4.79 Å². The molecule has 0 radical (unpaired) electrons. The van der Waals surface area contributed by atoms with Crippen LogP contribution in [-0.2, 0) is 11.3 Å². The Morgan fingerprint density at radius 3 is 2.55 bits per heavy atom. The summed E-state index contributed by atoms with van der Waals surface area (Å²) in [5.74, 6) is 1.08. The Kier molecular flexibility index (Phi) is 5.61. The van der Waals surface area contributed by atoms with E-state index in [4.69, 9.17) is 5.73 Å². The third-order valence-electron chi connectivity index (χ3n) is 4.27. The zero-order chi connectivity index (χ0) is 14.5. The second-order valence-corrected chi connectivity index (χ2v) is 6.59. The average Bonchev–Trinajstić information content (AvgIpc) is 2.49. The zero-order valence-corrected chi connectivity index (χ0v) is 13.6. The molecule has 1 fully saturated rings. The van der Waals surface area contributed by atoms with Gasteiger partial charge in [0.05, 0.1) is 0 Å². The molecule has 0 bridgehead atoms. The number of rotatable bonds is 4. The van der Waals surface area contributed by atoms with Gasteiger partial charge in [-0.1, -0.05) is 34.1 Å². The third kappa shape index (κ3) is 3.83. The number of nitrogens with zero attached hydrogens (tertiary/aromatic N) is 1. The monoisotopic (exact) mass is 338 g/mol. The van der Waals surface area contributed by atoms with Gasteiger partial charge < -0.3 is 10.6 Å². The number of amides is 1. The lowest BCUT2D eigenvalue weighted by atomic mass is 9.81. The average molecular weight is 339 g/mol. The summed E-state index contributed by atoms with van der Waals surface area (Å²) >= 11 is 3.54. The molecule has 0 heterocycles. The predicted octanol–water partition coefficient (Wildman–Crippen LogP) is 3.17. The van der Waals surface area contributed by atoms with E-state index in [-0.39, 0.29) is 11.8 Å². The van der Waals surface area contributed by atoms with Gasteiger partial charge >= 0.3 is 0 Å². The Bertz CT molecular complexity index is 456. The third-order valence-corrected chi connectivity index (χ3v) is 5.04. The second-order valence-electron chi connectivity index (χ2n) is 5.74. The molecule has 110 valence electrons. The molecule has 1 saturated carbocycles. The van der Waals surface area contributed by atoms with E-state index in [1.807, 2.05) is 30.1 Å². The highest BCUT2D eigenvalue weighted by atomic mass is 79.9. The van der Waals surface area contributed by atoms with Crippen LogP contribution in [0.3, 0.4) is 0 Å². The van der Waals surface area contributed by atoms with Crippen molar-refractivity contribution in [3.05, 3.63) is 34.3 Å². The van der Waals surface area contributed by atoms with Crippen LogP contribution < -0.4 is 5.73 Å². The van der Waals surface area contributed by atoms with E-state index in [1.54, 1.807) is 0 Å². The summed E-state index contributed by atoms with van der Waals surface area (Å²) in [5.41, 5.74) is 6.85. The number of halogens is 1. The quantitative estimate of drug-likeness (QED) is 0.916. The lowest BCUT2D eigenvalue weighted by molar-refractivity contribution is -0.136. The van der Waals surface area contributed by atoms with Crippen molar-refractivity contribution in [3.63, 3.8) is 0 Å². The van der Waals surface area contributed by atoms with Gasteiger partial charge in [-0.15, -0.1) is 0 Å². The van der Waals surface area contributed by atoms with Crippen molar-refractivity contribution in [1.82, 2.24) is 4.90 Å². The first-order valence-corrected chi connectivity index (χ1v) is 8.09. The summed E-state index contributed by atoms with van der Waals surface area (Å²) in [6, 6.07) is 8.06. The van der Waals surface area contributed by atoms with Crippen molar-refractivity contribution >= 4 is 21.8 Å². The largest absolute Gasteiger partial charge is 0.341 e. The number of hydrogen-bond acceptors (Lipinski definition) is 2. The van der Waals surface area contributed by atoms with Gasteiger partial charge in [0.15, 0.2) is 0 Å². The number of hydrogen-bond donors (Lipinski definition) is 1. The van der Waals surface area contributed by atoms with Gasteiger partial charge in [-0.25, -0.2) is 0 Å². The van der Waals surface area contributed by atoms with Crippen LogP contribution in [0.5, 0.6) is 0 Å². The van der Waals surface area contributed by atoms with E-state index in [0.29, 0.717) is 12.5 Å². The van der Waals surface area contributed by atoms with E-state index in [1.165, 1.54) is 0 Å². The van der Waals surface area contributed by atoms with Crippen LogP contribution in [0, 0.1) is 11.8 Å². The fourth-order valence-electron chi connectivity index (χ4n) is 2.92. The van der Waals surface area contributed by atoms with Gasteiger partial charge in [0, 0.05) is 24.0 Å². The summed E-state index contributed by atoms with van der Waals surface area (Å²) in [6.45, 7) is 1.42. The van der Waals surface area contributed by atoms with Crippen molar-refractivity contribution in [2.24, 2.45) is 17.6 Å². The standard InChI is InChI=1S/C16H23BrN2O/c1-19(11-14-4-2-3-5-15(14)17)16(20)13-8-6-12(10-18)7-9-13/h2-5,12-13H,6-11,18H2,1H3. The smallest absolute Gasteiger partial charge is 0.225 e. The van der Waals surface area contributed by atoms with E-state index in [9.17, 15) is 4.79 Å². The molecule has 1 aromatic carbocycles. The van der Waals surface area contributed by atoms with Gasteiger partial charge in [-0.05, 0) is 49.8 Å². The topological polar surface area (TPSA) is 46.3 Å². The molecule has 0 aromatic heterocycles. The summed E-state index contributed by atoms with van der Waals surface area (Å²) in [4.78, 5) is 14.3. The molecule has 1 aromatic rings. The van der Waals surface area contributed by atoms with Crippen LogP contribution in [0.4, 0.5) is 0 Å². The number of nitrogens with two attached hydrogens (primary N) is 1. The molecule has 0 saturated heterocycles. The molecule has 1 amide bonds. The fourth-order valence-corrected chi connectivity index (χ4v) is 3.33. The van der Waals surface area contributed by atoms with Crippen molar-refractivity contribution in [2.45, 2.75) is 32.2 Å². The van der Waals surface area contributed by atoms with Crippen molar-refractivity contribution < 1.29 is 4.79 Å². The minimum absolute atomic E-state index is 0.185. The summed E-state index contributed by atoms with van der Waals surface area (Å²) in [7, 11) is 1.90. The molecule has 0 atom stereocenters. The maximum atomic E-state index is 12.5. The maximum Gasteiger partial charge on any atom is 0.225 e. The molecule has 4 heteroatoms. The molecule has 20 heavy (non-hydrogen) atoms. The first-order chi connectivity index (χ1) is 9.61. The van der Waals surface area contributed by atoms with Gasteiger partial charge in [0.1, 0.15) is 0 Å². The SMILES string of the molecule is CN(Cc1ccccc1Br)C(=O)C1CCC(CN)CC1. The predicted molar refractivity (Wildman–Crippen MR) is 85.1 cm³/mol. The van der Waals surface area contributed by atoms with Crippen LogP contribution >= 0.6 is 15.9 Å². The highest BCUT2D eigenvalue weighted by Crippen LogP contribution is 2.29. The molecule has 1 aliphatic carbocycles. The normalized spacial score (nSPS) is 22.6. The Morgan fingerprint density at radius 1 is 1.30 bits per heavy atom. The minimum Gasteiger partial charge on any atom is -0.341 e. The zero-order valence-electron chi connectivity index (χ0n) is 12.0. The van der Waals surface area contributed by atoms with E-state index < -0.39 is 0 Å². The van der Waals surface area contributed by atoms with E-state index in [0.717, 1.165) is 42.3 Å². The highest BCUT2D eigenvalue weighted by molar-refractivity contribution is 9.10. The Hall–Kier alpha value is -0.870. The molecule has 0 unspecified atom stereocenters. The van der Waals surface area contributed by atoms with Gasteiger partial charge in [0.2, 0.25) is 5.91 Å². The van der Waals surface area contributed by atoms with Gasteiger partial charge in [0.25, 0.3) is 0 Å². The minimum atomic E-state index is 0.185. The van der Waals surface area contributed by atoms with Gasteiger partial charge in [-0.2, -0.15) is 0 Å². The molecule has 3 nitrogen and oxygen atoms in total. The fraction of sp³-hybridized carbons (Fsp3) is 0.562. The Labute approximate surface area is 129 Å². The maximum absolute atomic E-state index is 12.5. The molecular weight excluding hydrogens is 316 g/mol. The molecule has 1 aliphatic rings. The van der Waals surface area contributed by atoms with Crippen molar-refractivity contribution in [1.29, 1.82) is 0 Å². The molecule has 0 aliphatic heterocycles. The Balaban J connectivity index is 1.91. The lowest BCUT2D eigenvalue weighted by Crippen LogP contribution is -2.35. The van der Waals surface area contributed by atoms with Crippen LogP contribution in [0.1, 0.15) is 31.2 Å². The van der Waals surface area contributed by atoms with Crippen LogP contribution in [-0.4, -0.2) is 24.4 Å². The van der Waals surface area contributed by atoms with Crippen LogP contribution in [0.15, 0.2) is 28.7 Å². The van der Waals surface area contributed by atoms with Crippen LogP contribution in [0.25, 0.3) is 0 Å². The number of benzene rings is 1. The Morgan fingerprint density at radius 2 is 1.95 bits per heavy atom. The summed E-state index contributed by atoms with van der Waals surface area (Å²) in [5, 5.41) is 0. The first kappa shape index (κ1) is 15.5. The van der Waals surface area contributed by atoms with Crippen LogP contribution in [0.2, 0.25) is 0 Å². The summed E-state index contributed by atoms with van der Waals surface area (Å²) in [6.07, 6.45) is 4.16. The second kappa shape index (κ2) is 7.23. The molecule has 2 N–H and O–H groups in total. The summed E-state index contributed by atoms with van der Waals surface area (Å²) < 4.78 is 1.06. The number of carbonyl (C=O) groups excluding carboxylic acids is 1. The molecular formula is C16H23BrN2O. The highest BCUT2D eigenvalue weighted by Gasteiger charge is 2.27. The molecule has 0 spiro atoms. The van der Waals surface area contributed by atoms with Crippen molar-refractivity contribution in [3.8, 4) is 0 Å². The van der Waals surface area contributed by atoms with Crippen molar-refractivity contribution in [2.75, 3.05) is 13.6 Å². The lowest BCUT2D eigenvalue weighted by Gasteiger charge is -2.30.